The van der Waals surface area contributed by atoms with E-state index in [0.29, 0.717) is 23.3 Å². The highest BCUT2D eigenvalue weighted by Gasteiger charge is 2.61. The second-order valence-corrected chi connectivity index (χ2v) is 10.5. The monoisotopic (exact) mass is 472 g/mol. The molecule has 2 saturated heterocycles. The maximum Gasteiger partial charge on any atom is 0.316 e. The van der Waals surface area contributed by atoms with Gasteiger partial charge in [-0.3, -0.25) is 24.1 Å². The van der Waals surface area contributed by atoms with Crippen molar-refractivity contribution in [1.82, 2.24) is 0 Å². The van der Waals surface area contributed by atoms with E-state index < -0.39 is 11.9 Å². The summed E-state index contributed by atoms with van der Waals surface area (Å²) in [6.07, 6.45) is 3.18. The zero-order chi connectivity index (χ0) is 24.4. The van der Waals surface area contributed by atoms with Crippen LogP contribution in [0.5, 0.6) is 5.75 Å². The molecule has 2 aromatic carbocycles. The molecule has 2 aliphatic carbocycles. The van der Waals surface area contributed by atoms with Gasteiger partial charge in [-0.25, -0.2) is 0 Å². The number of nitrogens with zero attached hydrogens (tertiary/aromatic N) is 2. The van der Waals surface area contributed by atoms with Crippen LogP contribution < -0.4 is 14.5 Å². The number of aryl methyl sites for hydroxylation is 2. The molecule has 3 amide bonds. The van der Waals surface area contributed by atoms with Gasteiger partial charge in [-0.05, 0) is 80.8 Å². The van der Waals surface area contributed by atoms with E-state index in [-0.39, 0.29) is 42.5 Å². The molecule has 6 rings (SSSR count). The Bertz CT molecular complexity index is 1220. The average Bonchev–Trinajstić information content (AvgIpc) is 3.59. The number of rotatable bonds is 4. The fourth-order valence-electron chi connectivity index (χ4n) is 6.73. The number of imide groups is 1. The summed E-state index contributed by atoms with van der Waals surface area (Å²) in [5.41, 5.74) is 3.44. The molecule has 4 aliphatic rings. The third kappa shape index (κ3) is 3.48. The minimum absolute atomic E-state index is 0.0899. The van der Waals surface area contributed by atoms with Gasteiger partial charge in [0.05, 0.1) is 23.4 Å². The molecule has 0 radical (unpaired) electrons. The molecule has 4 fully saturated rings. The fourth-order valence-corrected chi connectivity index (χ4v) is 6.73. The van der Waals surface area contributed by atoms with Gasteiger partial charge in [-0.1, -0.05) is 17.7 Å². The molecule has 7 nitrogen and oxygen atoms in total. The molecule has 2 heterocycles. The van der Waals surface area contributed by atoms with Crippen molar-refractivity contribution in [2.24, 2.45) is 29.6 Å². The van der Waals surface area contributed by atoms with Crippen LogP contribution in [-0.4, -0.2) is 30.2 Å². The van der Waals surface area contributed by atoms with Crippen molar-refractivity contribution in [1.29, 1.82) is 0 Å². The summed E-state index contributed by atoms with van der Waals surface area (Å²) in [7, 11) is 0. The lowest BCUT2D eigenvalue weighted by Gasteiger charge is -2.19. The van der Waals surface area contributed by atoms with Gasteiger partial charge in [0.25, 0.3) is 0 Å². The molecule has 0 unspecified atom stereocenters. The number of esters is 1. The molecule has 7 heteroatoms. The van der Waals surface area contributed by atoms with Gasteiger partial charge >= 0.3 is 5.97 Å². The maximum absolute atomic E-state index is 13.0. The third-order valence-corrected chi connectivity index (χ3v) is 8.34. The molecule has 5 atom stereocenters. The summed E-state index contributed by atoms with van der Waals surface area (Å²) < 4.78 is 5.56. The van der Waals surface area contributed by atoms with E-state index in [9.17, 15) is 19.2 Å². The zero-order valence-corrected chi connectivity index (χ0v) is 19.9. The molecular formula is C28H28N2O5. The van der Waals surface area contributed by atoms with Crippen molar-refractivity contribution >= 4 is 35.1 Å². The standard InChI is InChI=1S/C28H28N2O5/c1-15-3-10-22(16(2)11-15)29-14-19(13-23(29)31)28(34)35-21-8-6-20(7-9-21)30-26(32)24-17-4-5-18(12-17)25(24)27(30)33/h3,6-11,17-19,24-25H,4-5,12-14H2,1-2H3/t17-,18-,19+,24+,25+/m0/s1. The summed E-state index contributed by atoms with van der Waals surface area (Å²) in [6, 6.07) is 12.4. The summed E-state index contributed by atoms with van der Waals surface area (Å²) in [6.45, 7) is 4.23. The number of anilines is 2. The van der Waals surface area contributed by atoms with Crippen molar-refractivity contribution < 1.29 is 23.9 Å². The van der Waals surface area contributed by atoms with E-state index in [1.165, 1.54) is 4.90 Å². The van der Waals surface area contributed by atoms with Crippen LogP contribution >= 0.6 is 0 Å². The third-order valence-electron chi connectivity index (χ3n) is 8.34. The van der Waals surface area contributed by atoms with Crippen molar-refractivity contribution in [2.75, 3.05) is 16.3 Å². The van der Waals surface area contributed by atoms with Crippen LogP contribution in [0.25, 0.3) is 0 Å². The Morgan fingerprint density at radius 1 is 0.914 bits per heavy atom. The molecule has 35 heavy (non-hydrogen) atoms. The van der Waals surface area contributed by atoms with Gasteiger partial charge in [0.15, 0.2) is 0 Å². The number of hydrogen-bond acceptors (Lipinski definition) is 5. The fraction of sp³-hybridized carbons (Fsp3) is 0.429. The summed E-state index contributed by atoms with van der Waals surface area (Å²) in [5, 5.41) is 0. The van der Waals surface area contributed by atoms with E-state index in [0.717, 1.165) is 36.1 Å². The number of benzene rings is 2. The number of amides is 3. The number of hydrogen-bond donors (Lipinski definition) is 0. The first-order chi connectivity index (χ1) is 16.8. The molecule has 0 spiro atoms. The van der Waals surface area contributed by atoms with Gasteiger partial charge in [0.2, 0.25) is 17.7 Å². The molecule has 2 saturated carbocycles. The van der Waals surface area contributed by atoms with Crippen LogP contribution in [0, 0.1) is 43.4 Å². The molecular weight excluding hydrogens is 444 g/mol. The minimum atomic E-state index is -0.556. The summed E-state index contributed by atoms with van der Waals surface area (Å²) in [5.74, 6) is -0.626. The Kier molecular flexibility index (Phi) is 5.06. The van der Waals surface area contributed by atoms with Gasteiger partial charge in [0.1, 0.15) is 5.75 Å². The Hall–Kier alpha value is -3.48. The highest BCUT2D eigenvalue weighted by Crippen LogP contribution is 2.56. The molecule has 2 aliphatic heterocycles. The van der Waals surface area contributed by atoms with E-state index in [1.807, 2.05) is 32.0 Å². The minimum Gasteiger partial charge on any atom is -0.426 e. The first-order valence-electron chi connectivity index (χ1n) is 12.4. The molecule has 2 aromatic rings. The van der Waals surface area contributed by atoms with Crippen LogP contribution in [0.1, 0.15) is 36.8 Å². The van der Waals surface area contributed by atoms with Crippen molar-refractivity contribution in [3.8, 4) is 5.75 Å². The molecule has 180 valence electrons. The number of fused-ring (bicyclic) bond motifs is 5. The van der Waals surface area contributed by atoms with Crippen molar-refractivity contribution in [3.63, 3.8) is 0 Å². The smallest absolute Gasteiger partial charge is 0.316 e. The highest BCUT2D eigenvalue weighted by atomic mass is 16.5. The Morgan fingerprint density at radius 3 is 2.20 bits per heavy atom. The first kappa shape index (κ1) is 22.0. The van der Waals surface area contributed by atoms with E-state index in [1.54, 1.807) is 29.2 Å². The second kappa shape index (κ2) is 8.04. The molecule has 0 aromatic heterocycles. The topological polar surface area (TPSA) is 84.0 Å². The SMILES string of the molecule is Cc1ccc(N2C[C@H](C(=O)Oc3ccc(N4C(=O)[C@@H]5[C@H]6CC[C@@H](C6)[C@H]5C4=O)cc3)CC2=O)c(C)c1. The van der Waals surface area contributed by atoms with Crippen molar-refractivity contribution in [3.05, 3.63) is 53.6 Å². The maximum atomic E-state index is 13.0. The molecule has 2 bridgehead atoms. The lowest BCUT2D eigenvalue weighted by Crippen LogP contribution is -2.32. The largest absolute Gasteiger partial charge is 0.426 e. The van der Waals surface area contributed by atoms with Crippen LogP contribution in [0.15, 0.2) is 42.5 Å². The Morgan fingerprint density at radius 2 is 1.57 bits per heavy atom. The van der Waals surface area contributed by atoms with Crippen molar-refractivity contribution in [2.45, 2.75) is 39.5 Å². The van der Waals surface area contributed by atoms with E-state index >= 15 is 0 Å². The average molecular weight is 473 g/mol. The zero-order valence-electron chi connectivity index (χ0n) is 19.9. The second-order valence-electron chi connectivity index (χ2n) is 10.5. The van der Waals surface area contributed by atoms with Gasteiger partial charge in [0, 0.05) is 18.7 Å². The predicted octanol–water partition coefficient (Wildman–Crippen LogP) is 3.80. The van der Waals surface area contributed by atoms with Gasteiger partial charge in [-0.2, -0.15) is 0 Å². The predicted molar refractivity (Wildman–Crippen MR) is 129 cm³/mol. The first-order valence-corrected chi connectivity index (χ1v) is 12.4. The molecule has 0 N–H and O–H groups in total. The lowest BCUT2D eigenvalue weighted by atomic mass is 9.81. The van der Waals surface area contributed by atoms with E-state index in [2.05, 4.69) is 0 Å². The number of carbonyl (C=O) groups is 4. The number of carbonyl (C=O) groups excluding carboxylic acids is 4. The lowest BCUT2D eigenvalue weighted by molar-refractivity contribution is -0.139. The highest BCUT2D eigenvalue weighted by molar-refractivity contribution is 6.22. The van der Waals surface area contributed by atoms with Crippen LogP contribution in [0.2, 0.25) is 0 Å². The summed E-state index contributed by atoms with van der Waals surface area (Å²) >= 11 is 0. The van der Waals surface area contributed by atoms with Gasteiger partial charge in [-0.15, -0.1) is 0 Å². The summed E-state index contributed by atoms with van der Waals surface area (Å²) in [4.78, 5) is 54.5. The Balaban J connectivity index is 1.13. The normalized spacial score (nSPS) is 29.3. The number of ether oxygens (including phenoxy) is 1. The van der Waals surface area contributed by atoms with E-state index in [4.69, 9.17) is 4.74 Å². The quantitative estimate of drug-likeness (QED) is 0.384. The van der Waals surface area contributed by atoms with Crippen LogP contribution in [0.3, 0.4) is 0 Å². The van der Waals surface area contributed by atoms with Gasteiger partial charge < -0.3 is 9.64 Å². The Labute approximate surface area is 204 Å². The van der Waals surface area contributed by atoms with Crippen LogP contribution in [-0.2, 0) is 19.2 Å². The van der Waals surface area contributed by atoms with Crippen LogP contribution in [0.4, 0.5) is 11.4 Å².